The highest BCUT2D eigenvalue weighted by Crippen LogP contribution is 2.44. The first-order valence-electron chi connectivity index (χ1n) is 6.05. The molecule has 3 rings (SSSR count). The Morgan fingerprint density at radius 1 is 1.33 bits per heavy atom. The summed E-state index contributed by atoms with van der Waals surface area (Å²) in [6.07, 6.45) is 2.84. The lowest BCUT2D eigenvalue weighted by atomic mass is 10.2. The van der Waals surface area contributed by atoms with Crippen molar-refractivity contribution in [3.63, 3.8) is 0 Å². The van der Waals surface area contributed by atoms with E-state index < -0.39 is 9.84 Å². The molecule has 1 aromatic heterocycles. The van der Waals surface area contributed by atoms with Crippen LogP contribution in [-0.4, -0.2) is 29.7 Å². The second kappa shape index (κ2) is 4.39. The third-order valence-electron chi connectivity index (χ3n) is 3.63. The van der Waals surface area contributed by atoms with Gasteiger partial charge < -0.3 is 0 Å². The molecule has 1 unspecified atom stereocenters. The van der Waals surface area contributed by atoms with Gasteiger partial charge in [-0.05, 0) is 19.3 Å². The highest BCUT2D eigenvalue weighted by Gasteiger charge is 2.35. The molecule has 1 aromatic rings. The fraction of sp³-hybridized carbons (Fsp3) is 0.727. The highest BCUT2D eigenvalue weighted by atomic mass is 35.5. The Bertz CT molecular complexity index is 578. The number of hydrogen-bond donors (Lipinski definition) is 0. The topological polar surface area (TPSA) is 52.0 Å². The molecule has 1 aliphatic carbocycles. The summed E-state index contributed by atoms with van der Waals surface area (Å²) in [6, 6.07) is -0.128. The average molecular weight is 309 g/mol. The maximum Gasteiger partial charge on any atom is 0.152 e. The molecule has 0 radical (unpaired) electrons. The van der Waals surface area contributed by atoms with Gasteiger partial charge in [0, 0.05) is 11.5 Å². The monoisotopic (exact) mass is 308 g/mol. The van der Waals surface area contributed by atoms with Gasteiger partial charge in [-0.2, -0.15) is 5.10 Å². The van der Waals surface area contributed by atoms with Gasteiger partial charge in [-0.1, -0.05) is 11.6 Å². The van der Waals surface area contributed by atoms with Crippen molar-refractivity contribution in [1.82, 2.24) is 9.78 Å². The van der Waals surface area contributed by atoms with Gasteiger partial charge in [0.15, 0.2) is 9.84 Å². The molecule has 2 heterocycles. The molecule has 1 aliphatic heterocycles. The molecule has 1 atom stereocenters. The molecule has 0 aromatic carbocycles. The van der Waals surface area contributed by atoms with Gasteiger partial charge in [-0.15, -0.1) is 11.6 Å². The maximum atomic E-state index is 11.5. The molecule has 1 saturated heterocycles. The Morgan fingerprint density at radius 3 is 2.56 bits per heavy atom. The first-order valence-corrected chi connectivity index (χ1v) is 8.78. The number of sulfone groups is 1. The van der Waals surface area contributed by atoms with Gasteiger partial charge in [0.2, 0.25) is 0 Å². The molecule has 0 bridgehead atoms. The second-order valence-electron chi connectivity index (χ2n) is 5.06. The van der Waals surface area contributed by atoms with Crippen LogP contribution in [0.3, 0.4) is 0 Å². The van der Waals surface area contributed by atoms with Gasteiger partial charge in [-0.25, -0.2) is 13.1 Å². The molecule has 7 heteroatoms. The fourth-order valence-corrected chi connectivity index (χ4v) is 4.85. The Balaban J connectivity index is 1.97. The molecule has 18 heavy (non-hydrogen) atoms. The molecule has 1 saturated carbocycles. The zero-order chi connectivity index (χ0) is 12.9. The van der Waals surface area contributed by atoms with Crippen molar-refractivity contribution in [2.45, 2.75) is 37.1 Å². The predicted molar refractivity (Wildman–Crippen MR) is 71.1 cm³/mol. The van der Waals surface area contributed by atoms with E-state index in [2.05, 4.69) is 5.10 Å². The Morgan fingerprint density at radius 2 is 2.06 bits per heavy atom. The predicted octanol–water partition coefficient (Wildman–Crippen LogP) is 2.51. The minimum absolute atomic E-state index is 0.128. The van der Waals surface area contributed by atoms with E-state index in [0.29, 0.717) is 23.4 Å². The summed E-state index contributed by atoms with van der Waals surface area (Å²) in [6.45, 7) is 0. The summed E-state index contributed by atoms with van der Waals surface area (Å²) < 4.78 is 24.7. The van der Waals surface area contributed by atoms with Gasteiger partial charge >= 0.3 is 0 Å². The summed E-state index contributed by atoms with van der Waals surface area (Å²) in [5.74, 6) is 1.17. The van der Waals surface area contributed by atoms with Crippen LogP contribution in [0.2, 0.25) is 5.15 Å². The molecule has 2 fully saturated rings. The van der Waals surface area contributed by atoms with Crippen molar-refractivity contribution in [3.8, 4) is 0 Å². The summed E-state index contributed by atoms with van der Waals surface area (Å²) in [4.78, 5) is 0. The van der Waals surface area contributed by atoms with Crippen LogP contribution in [0.25, 0.3) is 0 Å². The third kappa shape index (κ3) is 2.17. The number of aromatic nitrogens is 2. The summed E-state index contributed by atoms with van der Waals surface area (Å²) in [5.41, 5.74) is 1.85. The minimum Gasteiger partial charge on any atom is -0.249 e. The quantitative estimate of drug-likeness (QED) is 0.806. The minimum atomic E-state index is -2.93. The van der Waals surface area contributed by atoms with E-state index in [0.717, 1.165) is 24.1 Å². The van der Waals surface area contributed by atoms with Gasteiger partial charge in [0.25, 0.3) is 0 Å². The van der Waals surface area contributed by atoms with E-state index in [1.54, 1.807) is 4.68 Å². The Hall–Kier alpha value is -0.260. The molecule has 4 nitrogen and oxygen atoms in total. The first kappa shape index (κ1) is 12.8. The van der Waals surface area contributed by atoms with E-state index in [4.69, 9.17) is 23.2 Å². The Labute approximate surface area is 116 Å². The zero-order valence-corrected chi connectivity index (χ0v) is 12.1. The zero-order valence-electron chi connectivity index (χ0n) is 9.77. The van der Waals surface area contributed by atoms with Crippen LogP contribution in [0.15, 0.2) is 0 Å². The van der Waals surface area contributed by atoms with Crippen molar-refractivity contribution in [3.05, 3.63) is 16.4 Å². The lowest BCUT2D eigenvalue weighted by Gasteiger charge is -2.09. The second-order valence-corrected chi connectivity index (χ2v) is 7.92. The van der Waals surface area contributed by atoms with E-state index in [1.165, 1.54) is 0 Å². The summed E-state index contributed by atoms with van der Waals surface area (Å²) >= 11 is 12.2. The first-order chi connectivity index (χ1) is 8.52. The standard InChI is InChI=1S/C11H14Cl2N2O2S/c12-5-9-10(7-1-2-7)14-15(11(9)13)8-3-4-18(16,17)6-8/h7-8H,1-6H2. The third-order valence-corrected chi connectivity index (χ3v) is 6.05. The van der Waals surface area contributed by atoms with Gasteiger partial charge in [0.05, 0.1) is 29.1 Å². The van der Waals surface area contributed by atoms with E-state index >= 15 is 0 Å². The van der Waals surface area contributed by atoms with E-state index in [1.807, 2.05) is 0 Å². The SMILES string of the molecule is O=S1(=O)CCC(n2nc(C3CC3)c(CCl)c2Cl)C1. The van der Waals surface area contributed by atoms with Gasteiger partial charge in [0.1, 0.15) is 5.15 Å². The largest absolute Gasteiger partial charge is 0.249 e. The fourth-order valence-electron chi connectivity index (χ4n) is 2.48. The van der Waals surface area contributed by atoms with Gasteiger partial charge in [-0.3, -0.25) is 0 Å². The molecular weight excluding hydrogens is 295 g/mol. The van der Waals surface area contributed by atoms with Crippen molar-refractivity contribution >= 4 is 33.0 Å². The summed E-state index contributed by atoms with van der Waals surface area (Å²) in [7, 11) is -2.93. The average Bonchev–Trinajstić information content (AvgIpc) is 3.01. The lowest BCUT2D eigenvalue weighted by molar-refractivity contribution is 0.495. The number of nitrogens with zero attached hydrogens (tertiary/aromatic N) is 2. The van der Waals surface area contributed by atoms with Crippen molar-refractivity contribution in [2.24, 2.45) is 0 Å². The number of halogens is 2. The molecule has 2 aliphatic rings. The van der Waals surface area contributed by atoms with Crippen molar-refractivity contribution in [2.75, 3.05) is 11.5 Å². The van der Waals surface area contributed by atoms with Crippen LogP contribution >= 0.6 is 23.2 Å². The van der Waals surface area contributed by atoms with Crippen LogP contribution < -0.4 is 0 Å². The van der Waals surface area contributed by atoms with Crippen molar-refractivity contribution in [1.29, 1.82) is 0 Å². The summed E-state index contributed by atoms with van der Waals surface area (Å²) in [5, 5.41) is 5.05. The molecule has 0 N–H and O–H groups in total. The van der Waals surface area contributed by atoms with Crippen LogP contribution in [-0.2, 0) is 15.7 Å². The number of rotatable bonds is 3. The molecule has 100 valence electrons. The number of hydrogen-bond acceptors (Lipinski definition) is 3. The van der Waals surface area contributed by atoms with Crippen molar-refractivity contribution < 1.29 is 8.42 Å². The Kier molecular flexibility index (Phi) is 3.11. The highest BCUT2D eigenvalue weighted by molar-refractivity contribution is 7.91. The van der Waals surface area contributed by atoms with Crippen LogP contribution in [0, 0.1) is 0 Å². The van der Waals surface area contributed by atoms with E-state index in [-0.39, 0.29) is 17.5 Å². The van der Waals surface area contributed by atoms with Crippen LogP contribution in [0.4, 0.5) is 0 Å². The maximum absolute atomic E-state index is 11.5. The molecule has 0 spiro atoms. The smallest absolute Gasteiger partial charge is 0.152 e. The molecular formula is C11H14Cl2N2O2S. The number of alkyl halides is 1. The van der Waals surface area contributed by atoms with Crippen LogP contribution in [0.5, 0.6) is 0 Å². The molecule has 0 amide bonds. The lowest BCUT2D eigenvalue weighted by Crippen LogP contribution is -2.12. The van der Waals surface area contributed by atoms with Crippen LogP contribution in [0.1, 0.15) is 42.5 Å². The normalized spacial score (nSPS) is 26.7. The van der Waals surface area contributed by atoms with E-state index in [9.17, 15) is 8.42 Å².